The van der Waals surface area contributed by atoms with Gasteiger partial charge in [-0.05, 0) is 35.0 Å². The van der Waals surface area contributed by atoms with E-state index in [2.05, 4.69) is 72.5 Å². The number of allylic oxidation sites excluding steroid dienone is 1. The molecule has 0 amide bonds. The molecule has 1 aromatic carbocycles. The predicted molar refractivity (Wildman–Crippen MR) is 78.7 cm³/mol. The molecule has 0 spiro atoms. The highest BCUT2D eigenvalue weighted by molar-refractivity contribution is 14.1. The van der Waals surface area contributed by atoms with E-state index in [0.29, 0.717) is 5.41 Å². The van der Waals surface area contributed by atoms with E-state index in [0.717, 1.165) is 5.92 Å². The van der Waals surface area contributed by atoms with Crippen LogP contribution in [0.2, 0.25) is 0 Å². The summed E-state index contributed by atoms with van der Waals surface area (Å²) in [5.74, 6) is 0.833. The number of benzene rings is 1. The lowest BCUT2D eigenvalue weighted by molar-refractivity contribution is 0.196. The molecule has 1 aliphatic rings. The highest BCUT2D eigenvalue weighted by Crippen LogP contribution is 2.51. The van der Waals surface area contributed by atoms with E-state index in [-0.39, 0.29) is 0 Å². The predicted octanol–water partition coefficient (Wildman–Crippen LogP) is 4.71. The minimum Gasteiger partial charge on any atom is -0.121 e. The maximum absolute atomic E-state index is 3.48. The Hall–Kier alpha value is -0.530. The molecule has 0 nitrogen and oxygen atoms in total. The van der Waals surface area contributed by atoms with Gasteiger partial charge in [0.05, 0.1) is 0 Å². The Bertz CT molecular complexity index is 422. The zero-order valence-corrected chi connectivity index (χ0v) is 12.0. The molecule has 1 unspecified atom stereocenters. The minimum atomic E-state index is 0.354. The van der Waals surface area contributed by atoms with Gasteiger partial charge in [0, 0.05) is 4.43 Å². The van der Waals surface area contributed by atoms with Crippen molar-refractivity contribution in [2.24, 2.45) is 11.3 Å². The van der Waals surface area contributed by atoms with Crippen molar-refractivity contribution in [2.45, 2.75) is 20.3 Å². The maximum atomic E-state index is 3.48. The van der Waals surface area contributed by atoms with Crippen LogP contribution in [0.4, 0.5) is 0 Å². The van der Waals surface area contributed by atoms with Crippen molar-refractivity contribution in [3.63, 3.8) is 0 Å². The molecule has 0 aliphatic heterocycles. The van der Waals surface area contributed by atoms with E-state index in [1.54, 1.807) is 0 Å². The standard InChI is InChI=1S/C15H17I/c1-15(2)13(10-14(15)11-16)9-8-12-6-4-3-5-7-12/h3-8,14H,10-11H2,1-2H3. The molecule has 0 aromatic heterocycles. The molecule has 1 saturated carbocycles. The zero-order valence-electron chi connectivity index (χ0n) is 9.83. The third kappa shape index (κ3) is 2.26. The Balaban J connectivity index is 2.19. The highest BCUT2D eigenvalue weighted by Gasteiger charge is 2.42. The van der Waals surface area contributed by atoms with Gasteiger partial charge >= 0.3 is 0 Å². The fourth-order valence-electron chi connectivity index (χ4n) is 2.09. The third-order valence-corrected chi connectivity index (χ3v) is 4.71. The van der Waals surface area contributed by atoms with Gasteiger partial charge in [0.2, 0.25) is 0 Å². The van der Waals surface area contributed by atoms with E-state index in [4.69, 9.17) is 0 Å². The van der Waals surface area contributed by atoms with Gasteiger partial charge in [-0.15, -0.1) is 5.73 Å². The van der Waals surface area contributed by atoms with Gasteiger partial charge in [-0.2, -0.15) is 0 Å². The summed E-state index contributed by atoms with van der Waals surface area (Å²) in [6.07, 6.45) is 3.33. The molecule has 0 heterocycles. The molecule has 2 rings (SSSR count). The summed E-state index contributed by atoms with van der Waals surface area (Å²) in [6, 6.07) is 10.4. The van der Waals surface area contributed by atoms with Gasteiger partial charge < -0.3 is 0 Å². The average Bonchev–Trinajstić information content (AvgIpc) is 2.29. The smallest absolute Gasteiger partial charge is 0.00354 e. The maximum Gasteiger partial charge on any atom is 0.00354 e. The summed E-state index contributed by atoms with van der Waals surface area (Å²) in [5.41, 5.74) is 6.54. The Kier molecular flexibility index (Phi) is 3.56. The quantitative estimate of drug-likeness (QED) is 0.420. The number of hydrogen-bond acceptors (Lipinski definition) is 0. The summed E-state index contributed by atoms with van der Waals surface area (Å²) in [5, 5.41) is 0. The van der Waals surface area contributed by atoms with E-state index in [9.17, 15) is 0 Å². The second-order valence-electron chi connectivity index (χ2n) is 4.95. The summed E-state index contributed by atoms with van der Waals surface area (Å²) in [4.78, 5) is 0. The van der Waals surface area contributed by atoms with Gasteiger partial charge in [-0.3, -0.25) is 0 Å². The molecule has 0 saturated heterocycles. The number of halogens is 1. The zero-order chi connectivity index (χ0) is 11.6. The first-order valence-corrected chi connectivity index (χ1v) is 7.24. The summed E-state index contributed by atoms with van der Waals surface area (Å²) in [6.45, 7) is 4.67. The van der Waals surface area contributed by atoms with Crippen LogP contribution in [0, 0.1) is 11.3 Å². The van der Waals surface area contributed by atoms with Crippen molar-refractivity contribution in [3.05, 3.63) is 47.2 Å². The van der Waals surface area contributed by atoms with Crippen molar-refractivity contribution >= 4 is 28.7 Å². The molecule has 1 atom stereocenters. The monoisotopic (exact) mass is 324 g/mol. The Morgan fingerprint density at radius 3 is 2.62 bits per heavy atom. The number of rotatable bonds is 2. The summed E-state index contributed by atoms with van der Waals surface area (Å²) >= 11 is 2.49. The SMILES string of the molecule is CC1(C)C(=C=Cc2ccccc2)CC1CI. The van der Waals surface area contributed by atoms with Gasteiger partial charge in [0.1, 0.15) is 0 Å². The van der Waals surface area contributed by atoms with Gasteiger partial charge in [0.15, 0.2) is 0 Å². The normalized spacial score (nSPS) is 22.2. The number of hydrogen-bond donors (Lipinski definition) is 0. The van der Waals surface area contributed by atoms with E-state index >= 15 is 0 Å². The third-order valence-electron chi connectivity index (χ3n) is 3.65. The van der Waals surface area contributed by atoms with E-state index in [1.807, 2.05) is 6.07 Å². The van der Waals surface area contributed by atoms with Crippen LogP contribution < -0.4 is 0 Å². The van der Waals surface area contributed by atoms with Crippen LogP contribution in [-0.4, -0.2) is 4.43 Å². The molecular formula is C15H17I. The Labute approximate surface area is 112 Å². The molecule has 1 fully saturated rings. The van der Waals surface area contributed by atoms with Crippen LogP contribution in [0.3, 0.4) is 0 Å². The van der Waals surface area contributed by atoms with E-state index < -0.39 is 0 Å². The molecule has 84 valence electrons. The first-order valence-electron chi connectivity index (χ1n) is 5.71. The van der Waals surface area contributed by atoms with Crippen LogP contribution in [0.25, 0.3) is 6.08 Å². The molecule has 0 N–H and O–H groups in total. The first kappa shape index (κ1) is 11.9. The van der Waals surface area contributed by atoms with Crippen molar-refractivity contribution in [2.75, 3.05) is 4.43 Å². The Morgan fingerprint density at radius 1 is 1.38 bits per heavy atom. The minimum absolute atomic E-state index is 0.354. The second kappa shape index (κ2) is 4.77. The Morgan fingerprint density at radius 2 is 2.06 bits per heavy atom. The summed E-state index contributed by atoms with van der Waals surface area (Å²) < 4.78 is 1.25. The molecule has 16 heavy (non-hydrogen) atoms. The van der Waals surface area contributed by atoms with Crippen LogP contribution in [0.5, 0.6) is 0 Å². The molecule has 1 aliphatic carbocycles. The lowest BCUT2D eigenvalue weighted by atomic mass is 9.60. The fourth-order valence-corrected chi connectivity index (χ4v) is 3.50. The van der Waals surface area contributed by atoms with Gasteiger partial charge in [-0.25, -0.2) is 0 Å². The largest absolute Gasteiger partial charge is 0.121 e. The van der Waals surface area contributed by atoms with Crippen LogP contribution in [0.15, 0.2) is 41.6 Å². The number of alkyl halides is 1. The van der Waals surface area contributed by atoms with Gasteiger partial charge in [-0.1, -0.05) is 66.8 Å². The molecule has 1 heteroatoms. The van der Waals surface area contributed by atoms with Crippen molar-refractivity contribution in [1.82, 2.24) is 0 Å². The van der Waals surface area contributed by atoms with E-state index in [1.165, 1.54) is 22.0 Å². The summed E-state index contributed by atoms with van der Waals surface area (Å²) in [7, 11) is 0. The lowest BCUT2D eigenvalue weighted by Crippen LogP contribution is -2.38. The topological polar surface area (TPSA) is 0 Å². The molecule has 0 radical (unpaired) electrons. The molecule has 0 bridgehead atoms. The van der Waals surface area contributed by atoms with Crippen molar-refractivity contribution in [1.29, 1.82) is 0 Å². The fraction of sp³-hybridized carbons (Fsp3) is 0.400. The van der Waals surface area contributed by atoms with Crippen molar-refractivity contribution < 1.29 is 0 Å². The highest BCUT2D eigenvalue weighted by atomic mass is 127. The first-order chi connectivity index (χ1) is 7.64. The lowest BCUT2D eigenvalue weighted by Gasteiger charge is -2.45. The molecule has 1 aromatic rings. The van der Waals surface area contributed by atoms with Crippen LogP contribution in [-0.2, 0) is 0 Å². The van der Waals surface area contributed by atoms with Crippen LogP contribution >= 0.6 is 22.6 Å². The molecular weight excluding hydrogens is 307 g/mol. The van der Waals surface area contributed by atoms with Crippen molar-refractivity contribution in [3.8, 4) is 0 Å². The van der Waals surface area contributed by atoms with Gasteiger partial charge in [0.25, 0.3) is 0 Å². The second-order valence-corrected chi connectivity index (χ2v) is 5.84. The average molecular weight is 324 g/mol. The van der Waals surface area contributed by atoms with Crippen LogP contribution in [0.1, 0.15) is 25.8 Å².